The Bertz CT molecular complexity index is 486. The average molecular weight is 263 g/mol. The number of esters is 1. The lowest BCUT2D eigenvalue weighted by atomic mass is 10.00. The Morgan fingerprint density at radius 3 is 2.89 bits per heavy atom. The van der Waals surface area contributed by atoms with Crippen molar-refractivity contribution in [2.24, 2.45) is 0 Å². The molecule has 1 amide bonds. The lowest BCUT2D eigenvalue weighted by Crippen LogP contribution is -2.34. The zero-order valence-corrected chi connectivity index (χ0v) is 11.1. The maximum absolute atomic E-state index is 12.3. The van der Waals surface area contributed by atoms with Crippen LogP contribution in [-0.2, 0) is 14.3 Å². The quantitative estimate of drug-likeness (QED) is 0.766. The number of amides is 1. The molecule has 1 heterocycles. The van der Waals surface area contributed by atoms with Crippen molar-refractivity contribution in [3.05, 3.63) is 29.8 Å². The largest absolute Gasteiger partial charge is 0.492 e. The highest BCUT2D eigenvalue weighted by Gasteiger charge is 2.31. The Labute approximate surface area is 112 Å². The van der Waals surface area contributed by atoms with Gasteiger partial charge in [-0.3, -0.25) is 9.59 Å². The maximum atomic E-state index is 12.3. The van der Waals surface area contributed by atoms with E-state index in [0.29, 0.717) is 13.2 Å². The van der Waals surface area contributed by atoms with E-state index in [-0.39, 0.29) is 24.2 Å². The van der Waals surface area contributed by atoms with E-state index in [1.54, 1.807) is 11.9 Å². The molecule has 1 aromatic carbocycles. The van der Waals surface area contributed by atoms with Crippen LogP contribution in [0.5, 0.6) is 5.75 Å². The topological polar surface area (TPSA) is 55.8 Å². The van der Waals surface area contributed by atoms with Crippen LogP contribution < -0.4 is 4.74 Å². The summed E-state index contributed by atoms with van der Waals surface area (Å²) in [5.74, 6) is 0.137. The van der Waals surface area contributed by atoms with Crippen molar-refractivity contribution in [1.29, 1.82) is 0 Å². The summed E-state index contributed by atoms with van der Waals surface area (Å²) >= 11 is 0. The summed E-state index contributed by atoms with van der Waals surface area (Å²) in [4.78, 5) is 24.9. The molecule has 1 aromatic rings. The van der Waals surface area contributed by atoms with Gasteiger partial charge in [0, 0.05) is 19.2 Å². The van der Waals surface area contributed by atoms with Crippen LogP contribution in [0.25, 0.3) is 0 Å². The lowest BCUT2D eigenvalue weighted by Gasteiger charge is -2.19. The lowest BCUT2D eigenvalue weighted by molar-refractivity contribution is -0.141. The van der Waals surface area contributed by atoms with E-state index in [1.165, 1.54) is 7.11 Å². The van der Waals surface area contributed by atoms with Gasteiger partial charge in [0.1, 0.15) is 18.3 Å². The Hall–Kier alpha value is -2.04. The van der Waals surface area contributed by atoms with Crippen LogP contribution in [0, 0.1) is 0 Å². The molecule has 0 aromatic heterocycles. The van der Waals surface area contributed by atoms with Crippen molar-refractivity contribution >= 4 is 11.9 Å². The Balaban J connectivity index is 1.99. The first-order valence-electron chi connectivity index (χ1n) is 6.17. The second-order valence-electron chi connectivity index (χ2n) is 4.49. The summed E-state index contributed by atoms with van der Waals surface area (Å²) in [7, 11) is 3.03. The van der Waals surface area contributed by atoms with Crippen molar-refractivity contribution in [2.45, 2.75) is 12.3 Å². The van der Waals surface area contributed by atoms with Crippen molar-refractivity contribution in [3.8, 4) is 5.75 Å². The Kier molecular flexibility index (Phi) is 4.04. The number of nitrogens with zero attached hydrogens (tertiary/aromatic N) is 1. The molecule has 0 fully saturated rings. The van der Waals surface area contributed by atoms with Crippen LogP contribution in [0.15, 0.2) is 24.3 Å². The molecule has 1 aliphatic heterocycles. The van der Waals surface area contributed by atoms with Crippen molar-refractivity contribution in [3.63, 3.8) is 0 Å². The molecule has 0 aliphatic carbocycles. The number of ether oxygens (including phenoxy) is 2. The predicted molar refractivity (Wildman–Crippen MR) is 68.9 cm³/mol. The highest BCUT2D eigenvalue weighted by molar-refractivity contribution is 5.85. The van der Waals surface area contributed by atoms with E-state index in [0.717, 1.165) is 11.3 Å². The van der Waals surface area contributed by atoms with Gasteiger partial charge in [-0.15, -0.1) is 0 Å². The summed E-state index contributed by atoms with van der Waals surface area (Å²) in [6, 6.07) is 7.53. The number of benzene rings is 1. The van der Waals surface area contributed by atoms with Crippen LogP contribution in [-0.4, -0.2) is 44.1 Å². The van der Waals surface area contributed by atoms with Crippen LogP contribution in [0.1, 0.15) is 17.9 Å². The third-order valence-electron chi connectivity index (χ3n) is 3.25. The van der Waals surface area contributed by atoms with Gasteiger partial charge in [-0.25, -0.2) is 0 Å². The monoisotopic (exact) mass is 263 g/mol. The highest BCUT2D eigenvalue weighted by Crippen LogP contribution is 2.34. The SMILES string of the molecule is COC(=O)CCN(C)C(=O)C1COc2ccccc21. The number of fused-ring (bicyclic) bond motifs is 1. The predicted octanol–water partition coefficient (Wildman–Crippen LogP) is 1.18. The van der Waals surface area contributed by atoms with E-state index < -0.39 is 0 Å². The molecule has 102 valence electrons. The number of hydrogen-bond donors (Lipinski definition) is 0. The molecular weight excluding hydrogens is 246 g/mol. The molecule has 1 atom stereocenters. The molecule has 0 radical (unpaired) electrons. The van der Waals surface area contributed by atoms with Crippen LogP contribution in [0.4, 0.5) is 0 Å². The zero-order chi connectivity index (χ0) is 13.8. The molecule has 0 N–H and O–H groups in total. The number of carbonyl (C=O) groups excluding carboxylic acids is 2. The van der Waals surface area contributed by atoms with Gasteiger partial charge in [-0.05, 0) is 6.07 Å². The summed E-state index contributed by atoms with van der Waals surface area (Å²) in [6.07, 6.45) is 0.202. The molecule has 0 bridgehead atoms. The Morgan fingerprint density at radius 1 is 1.42 bits per heavy atom. The van der Waals surface area contributed by atoms with Crippen LogP contribution in [0.3, 0.4) is 0 Å². The maximum Gasteiger partial charge on any atom is 0.307 e. The number of hydrogen-bond acceptors (Lipinski definition) is 4. The summed E-state index contributed by atoms with van der Waals surface area (Å²) in [6.45, 7) is 0.713. The number of methoxy groups -OCH3 is 1. The van der Waals surface area contributed by atoms with E-state index in [1.807, 2.05) is 24.3 Å². The van der Waals surface area contributed by atoms with Gasteiger partial charge < -0.3 is 14.4 Å². The van der Waals surface area contributed by atoms with Gasteiger partial charge in [-0.1, -0.05) is 18.2 Å². The molecule has 0 spiro atoms. The normalized spacial score (nSPS) is 16.4. The van der Waals surface area contributed by atoms with Gasteiger partial charge in [-0.2, -0.15) is 0 Å². The second kappa shape index (κ2) is 5.73. The van der Waals surface area contributed by atoms with E-state index in [4.69, 9.17) is 4.74 Å². The molecule has 19 heavy (non-hydrogen) atoms. The van der Waals surface area contributed by atoms with Gasteiger partial charge in [0.05, 0.1) is 13.5 Å². The number of carbonyl (C=O) groups is 2. The number of rotatable bonds is 4. The average Bonchev–Trinajstić information content (AvgIpc) is 2.87. The summed E-state index contributed by atoms with van der Waals surface area (Å²) < 4.78 is 10.1. The third-order valence-corrected chi connectivity index (χ3v) is 3.25. The first-order chi connectivity index (χ1) is 9.13. The van der Waals surface area contributed by atoms with Gasteiger partial charge in [0.15, 0.2) is 0 Å². The van der Waals surface area contributed by atoms with E-state index in [9.17, 15) is 9.59 Å². The van der Waals surface area contributed by atoms with Gasteiger partial charge >= 0.3 is 5.97 Å². The van der Waals surface area contributed by atoms with Crippen molar-refractivity contribution < 1.29 is 19.1 Å². The fourth-order valence-electron chi connectivity index (χ4n) is 2.10. The molecular formula is C14H17NO4. The van der Waals surface area contributed by atoms with Crippen molar-refractivity contribution in [2.75, 3.05) is 27.3 Å². The smallest absolute Gasteiger partial charge is 0.307 e. The Morgan fingerprint density at radius 2 is 2.16 bits per heavy atom. The van der Waals surface area contributed by atoms with E-state index >= 15 is 0 Å². The van der Waals surface area contributed by atoms with Crippen LogP contribution >= 0.6 is 0 Å². The first-order valence-corrected chi connectivity index (χ1v) is 6.17. The summed E-state index contributed by atoms with van der Waals surface area (Å²) in [5, 5.41) is 0. The molecule has 2 rings (SSSR count). The minimum atomic E-state index is -0.317. The van der Waals surface area contributed by atoms with Crippen molar-refractivity contribution in [1.82, 2.24) is 4.90 Å². The summed E-state index contributed by atoms with van der Waals surface area (Å²) in [5.41, 5.74) is 0.914. The molecule has 0 saturated carbocycles. The molecule has 5 heteroatoms. The second-order valence-corrected chi connectivity index (χ2v) is 4.49. The number of para-hydroxylation sites is 1. The fraction of sp³-hybridized carbons (Fsp3) is 0.429. The zero-order valence-electron chi connectivity index (χ0n) is 11.1. The first kappa shape index (κ1) is 13.4. The minimum Gasteiger partial charge on any atom is -0.492 e. The van der Waals surface area contributed by atoms with Gasteiger partial charge in [0.25, 0.3) is 0 Å². The standard InChI is InChI=1S/C14H17NO4/c1-15(8-7-13(16)18-2)14(17)11-9-19-12-6-4-3-5-10(11)12/h3-6,11H,7-9H2,1-2H3. The minimum absolute atomic E-state index is 0.0335. The molecule has 1 aliphatic rings. The highest BCUT2D eigenvalue weighted by atomic mass is 16.5. The fourth-order valence-corrected chi connectivity index (χ4v) is 2.10. The van der Waals surface area contributed by atoms with Gasteiger partial charge in [0.2, 0.25) is 5.91 Å². The van der Waals surface area contributed by atoms with Crippen LogP contribution in [0.2, 0.25) is 0 Å². The molecule has 1 unspecified atom stereocenters. The molecule has 0 saturated heterocycles. The molecule has 5 nitrogen and oxygen atoms in total. The van der Waals surface area contributed by atoms with E-state index in [2.05, 4.69) is 4.74 Å². The number of likely N-dealkylation sites (N-methyl/N-ethyl adjacent to an activating group) is 1. The third kappa shape index (κ3) is 2.86.